The third-order valence-corrected chi connectivity index (χ3v) is 10.3. The molecule has 0 aromatic rings. The molecule has 6 heteroatoms. The first-order valence-electron chi connectivity index (χ1n) is 26.3. The largest absolute Gasteiger partial charge is 0.462 e. The first kappa shape index (κ1) is 62.3. The minimum atomic E-state index is -0.848. The van der Waals surface area contributed by atoms with Crippen LogP contribution >= 0.6 is 0 Å². The third-order valence-electron chi connectivity index (χ3n) is 10.3. The lowest BCUT2D eigenvalue weighted by Gasteiger charge is -2.18. The van der Waals surface area contributed by atoms with Crippen molar-refractivity contribution < 1.29 is 28.6 Å². The highest BCUT2D eigenvalue weighted by Crippen LogP contribution is 2.11. The predicted octanol–water partition coefficient (Wildman–Crippen LogP) is 17.6. The minimum absolute atomic E-state index is 0.134. The summed E-state index contributed by atoms with van der Waals surface area (Å²) in [4.78, 5) is 38.0. The van der Waals surface area contributed by atoms with E-state index < -0.39 is 12.1 Å². The summed E-state index contributed by atoms with van der Waals surface area (Å²) in [6.07, 6.45) is 77.0. The number of hydrogen-bond donors (Lipinski definition) is 0. The van der Waals surface area contributed by atoms with Crippen molar-refractivity contribution in [3.8, 4) is 0 Å². The zero-order chi connectivity index (χ0) is 48.6. The summed E-state index contributed by atoms with van der Waals surface area (Å²) in [7, 11) is 0. The summed E-state index contributed by atoms with van der Waals surface area (Å²) >= 11 is 0. The summed E-state index contributed by atoms with van der Waals surface area (Å²) in [5.41, 5.74) is 0. The van der Waals surface area contributed by atoms with Crippen molar-refractivity contribution in [1.82, 2.24) is 0 Å². The molecule has 0 spiro atoms. The Labute approximate surface area is 410 Å². The van der Waals surface area contributed by atoms with Gasteiger partial charge in [0.15, 0.2) is 6.10 Å². The molecule has 0 radical (unpaired) electrons. The van der Waals surface area contributed by atoms with Crippen molar-refractivity contribution in [2.24, 2.45) is 0 Å². The minimum Gasteiger partial charge on any atom is -0.462 e. The molecular formula is C61H94O6. The van der Waals surface area contributed by atoms with E-state index in [0.717, 1.165) is 109 Å². The molecule has 0 saturated carbocycles. The number of unbranched alkanes of at least 4 members (excludes halogenated alkanes) is 10. The van der Waals surface area contributed by atoms with Gasteiger partial charge < -0.3 is 14.2 Å². The van der Waals surface area contributed by atoms with Gasteiger partial charge in [0.25, 0.3) is 0 Å². The molecule has 1 atom stereocenters. The molecule has 0 amide bonds. The molecule has 374 valence electrons. The number of hydrogen-bond acceptors (Lipinski definition) is 6. The third kappa shape index (κ3) is 52.1. The van der Waals surface area contributed by atoms with Crippen molar-refractivity contribution in [2.45, 2.75) is 207 Å². The van der Waals surface area contributed by atoms with Crippen LogP contribution in [0.15, 0.2) is 146 Å². The lowest BCUT2D eigenvalue weighted by atomic mass is 10.1. The van der Waals surface area contributed by atoms with E-state index in [1.807, 2.05) is 12.2 Å². The van der Waals surface area contributed by atoms with Gasteiger partial charge in [0.05, 0.1) is 0 Å². The Hall–Kier alpha value is -4.71. The summed E-state index contributed by atoms with van der Waals surface area (Å²) < 4.78 is 16.7. The Morgan fingerprint density at radius 2 is 0.627 bits per heavy atom. The van der Waals surface area contributed by atoms with E-state index in [1.54, 1.807) is 0 Å². The van der Waals surface area contributed by atoms with Crippen LogP contribution in [0.3, 0.4) is 0 Å². The second-order valence-electron chi connectivity index (χ2n) is 16.7. The maximum absolute atomic E-state index is 12.8. The highest BCUT2D eigenvalue weighted by molar-refractivity contribution is 5.71. The Bertz CT molecular complexity index is 1530. The fourth-order valence-corrected chi connectivity index (χ4v) is 6.44. The number of carbonyl (C=O) groups is 3. The van der Waals surface area contributed by atoms with Crippen LogP contribution in [0, 0.1) is 0 Å². The van der Waals surface area contributed by atoms with Crippen molar-refractivity contribution in [3.63, 3.8) is 0 Å². The maximum Gasteiger partial charge on any atom is 0.306 e. The lowest BCUT2D eigenvalue weighted by molar-refractivity contribution is -0.166. The molecule has 0 aromatic carbocycles. The van der Waals surface area contributed by atoms with Crippen LogP contribution in [0.4, 0.5) is 0 Å². The molecule has 0 fully saturated rings. The van der Waals surface area contributed by atoms with Crippen molar-refractivity contribution in [2.75, 3.05) is 13.2 Å². The number of carbonyl (C=O) groups excluding carboxylic acids is 3. The highest BCUT2D eigenvalue weighted by Gasteiger charge is 2.19. The number of allylic oxidation sites excluding steroid dienone is 24. The zero-order valence-electron chi connectivity index (χ0n) is 42.6. The van der Waals surface area contributed by atoms with Crippen molar-refractivity contribution in [1.29, 1.82) is 0 Å². The Morgan fingerprint density at radius 1 is 0.313 bits per heavy atom. The average Bonchev–Trinajstić information content (AvgIpc) is 3.33. The van der Waals surface area contributed by atoms with E-state index in [1.165, 1.54) is 38.5 Å². The number of esters is 3. The van der Waals surface area contributed by atoms with Crippen LogP contribution in [0.5, 0.6) is 0 Å². The van der Waals surface area contributed by atoms with E-state index in [2.05, 4.69) is 154 Å². The topological polar surface area (TPSA) is 78.9 Å². The molecule has 0 aliphatic carbocycles. The Kier molecular flexibility index (Phi) is 50.1. The Morgan fingerprint density at radius 3 is 1.06 bits per heavy atom. The van der Waals surface area contributed by atoms with E-state index in [-0.39, 0.29) is 38.0 Å². The van der Waals surface area contributed by atoms with Gasteiger partial charge in [-0.15, -0.1) is 0 Å². The summed E-state index contributed by atoms with van der Waals surface area (Å²) in [6.45, 7) is 6.25. The van der Waals surface area contributed by atoms with Crippen LogP contribution < -0.4 is 0 Å². The van der Waals surface area contributed by atoms with Crippen LogP contribution in [-0.4, -0.2) is 37.2 Å². The van der Waals surface area contributed by atoms with Gasteiger partial charge in [-0.3, -0.25) is 14.4 Å². The Balaban J connectivity index is 4.63. The first-order chi connectivity index (χ1) is 33.0. The molecule has 0 aliphatic rings. The van der Waals surface area contributed by atoms with Gasteiger partial charge in [-0.2, -0.15) is 0 Å². The number of rotatable bonds is 45. The summed E-state index contributed by atoms with van der Waals surface area (Å²) in [6, 6.07) is 0. The van der Waals surface area contributed by atoms with Gasteiger partial charge in [-0.1, -0.05) is 205 Å². The van der Waals surface area contributed by atoms with Gasteiger partial charge in [-0.05, 0) is 122 Å². The van der Waals surface area contributed by atoms with Crippen molar-refractivity contribution >= 4 is 17.9 Å². The summed E-state index contributed by atoms with van der Waals surface area (Å²) in [5, 5.41) is 0. The molecule has 0 aliphatic heterocycles. The van der Waals surface area contributed by atoms with Gasteiger partial charge in [0, 0.05) is 19.3 Å². The second kappa shape index (κ2) is 53.9. The van der Waals surface area contributed by atoms with Gasteiger partial charge >= 0.3 is 17.9 Å². The first-order valence-corrected chi connectivity index (χ1v) is 26.3. The smallest absolute Gasteiger partial charge is 0.306 e. The SMILES string of the molecule is CC/C=C\C/C=C\C/C=C\C/C=C\C/C=C\C/C=C\CCC(=O)OC[C@@H](COC(=O)CCCCCCC/C=C\CCCCCC)OC(=O)CCC/C=C\C/C=C\C/C=C\C/C=C\C/C=C\CC. The highest BCUT2D eigenvalue weighted by atomic mass is 16.6. The number of ether oxygens (including phenoxy) is 3. The fourth-order valence-electron chi connectivity index (χ4n) is 6.44. The predicted molar refractivity (Wildman–Crippen MR) is 288 cm³/mol. The molecule has 0 rings (SSSR count). The van der Waals surface area contributed by atoms with Crippen LogP contribution in [0.2, 0.25) is 0 Å². The van der Waals surface area contributed by atoms with Crippen molar-refractivity contribution in [3.05, 3.63) is 146 Å². The molecular weight excluding hydrogens is 829 g/mol. The lowest BCUT2D eigenvalue weighted by Crippen LogP contribution is -2.30. The molecule has 0 bridgehead atoms. The quantitative estimate of drug-likeness (QED) is 0.0262. The van der Waals surface area contributed by atoms with Crippen LogP contribution in [-0.2, 0) is 28.6 Å². The molecule has 0 N–H and O–H groups in total. The monoisotopic (exact) mass is 923 g/mol. The van der Waals surface area contributed by atoms with E-state index in [9.17, 15) is 14.4 Å². The standard InChI is InChI=1S/C61H94O6/c1-4-7-10-13-16-19-22-25-27-29-30-32-33-36-39-42-45-48-51-54-60(63)66-57-58(56-65-59(62)53-50-47-44-41-38-35-24-21-18-15-12-9-6-3)67-61(64)55-52-49-46-43-40-37-34-31-28-26-23-20-17-14-11-8-5-2/h7-8,10-11,16-17,19-21,24-28,30,32,34,36-37,39,43,45-46,48,58H,4-6,9,12-15,18,22-23,29,31,33,35,38,40-42,44,47,49-57H2,1-3H3/b10-7-,11-8-,19-16-,20-17-,24-21-,27-25-,28-26-,32-30-,37-34-,39-36-,46-43-,48-45-/t58-/m1/s1. The molecule has 6 nitrogen and oxygen atoms in total. The van der Waals surface area contributed by atoms with Gasteiger partial charge in [0.2, 0.25) is 0 Å². The average molecular weight is 923 g/mol. The normalized spacial score (nSPS) is 13.3. The van der Waals surface area contributed by atoms with Crippen LogP contribution in [0.1, 0.15) is 201 Å². The molecule has 0 aromatic heterocycles. The van der Waals surface area contributed by atoms with Gasteiger partial charge in [-0.25, -0.2) is 0 Å². The second-order valence-corrected chi connectivity index (χ2v) is 16.7. The summed E-state index contributed by atoms with van der Waals surface area (Å²) in [5.74, 6) is -1.10. The zero-order valence-corrected chi connectivity index (χ0v) is 42.6. The van der Waals surface area contributed by atoms with Crippen LogP contribution in [0.25, 0.3) is 0 Å². The van der Waals surface area contributed by atoms with E-state index in [4.69, 9.17) is 14.2 Å². The van der Waals surface area contributed by atoms with E-state index >= 15 is 0 Å². The molecule has 0 saturated heterocycles. The maximum atomic E-state index is 12.8. The fraction of sp³-hybridized carbons (Fsp3) is 0.557. The van der Waals surface area contributed by atoms with Gasteiger partial charge in [0.1, 0.15) is 13.2 Å². The van der Waals surface area contributed by atoms with E-state index in [0.29, 0.717) is 19.3 Å². The molecule has 67 heavy (non-hydrogen) atoms. The molecule has 0 heterocycles. The molecule has 0 unspecified atom stereocenters.